The molecule has 4 nitrogen and oxygen atoms in total. The number of benzene rings is 1. The van der Waals surface area contributed by atoms with Crippen LogP contribution in [0.5, 0.6) is 0 Å². The van der Waals surface area contributed by atoms with Crippen LogP contribution in [0.2, 0.25) is 5.02 Å². The first-order valence-electron chi connectivity index (χ1n) is 8.18. The van der Waals surface area contributed by atoms with Crippen molar-refractivity contribution in [3.63, 3.8) is 0 Å². The van der Waals surface area contributed by atoms with Gasteiger partial charge in [0.05, 0.1) is 16.8 Å². The van der Waals surface area contributed by atoms with Crippen molar-refractivity contribution >= 4 is 35.6 Å². The number of piperidine rings is 2. The highest BCUT2D eigenvalue weighted by molar-refractivity contribution is 6.33. The van der Waals surface area contributed by atoms with E-state index in [9.17, 15) is 4.79 Å². The number of anilines is 1. The maximum absolute atomic E-state index is 13.0. The number of likely N-dealkylation sites (N-methyl/N-ethyl adjacent to an activating group) is 1. The lowest BCUT2D eigenvalue weighted by molar-refractivity contribution is -0.126. The van der Waals surface area contributed by atoms with Gasteiger partial charge in [-0.15, -0.1) is 12.4 Å². The number of hydrogen-bond acceptors (Lipinski definition) is 3. The van der Waals surface area contributed by atoms with Gasteiger partial charge in [0.2, 0.25) is 5.91 Å². The summed E-state index contributed by atoms with van der Waals surface area (Å²) >= 11 is 6.28. The molecular formula is C17H25Cl2N3O. The van der Waals surface area contributed by atoms with Gasteiger partial charge in [0.15, 0.2) is 0 Å². The molecule has 0 spiro atoms. The van der Waals surface area contributed by atoms with Crippen molar-refractivity contribution in [2.24, 2.45) is 0 Å². The summed E-state index contributed by atoms with van der Waals surface area (Å²) < 4.78 is 0. The fraction of sp³-hybridized carbons (Fsp3) is 0.588. The Bertz CT molecular complexity index is 540. The Kier molecular flexibility index (Phi) is 6.72. The second-order valence-corrected chi connectivity index (χ2v) is 6.63. The van der Waals surface area contributed by atoms with Gasteiger partial charge in [-0.2, -0.15) is 0 Å². The summed E-state index contributed by atoms with van der Waals surface area (Å²) in [5, 5.41) is 4.01. The predicted octanol–water partition coefficient (Wildman–Crippen LogP) is 2.94. The van der Waals surface area contributed by atoms with Crippen molar-refractivity contribution in [2.75, 3.05) is 31.6 Å². The van der Waals surface area contributed by atoms with Gasteiger partial charge in [-0.3, -0.25) is 9.69 Å². The summed E-state index contributed by atoms with van der Waals surface area (Å²) in [6.07, 6.45) is 4.34. The zero-order valence-electron chi connectivity index (χ0n) is 13.5. The molecule has 0 aliphatic carbocycles. The van der Waals surface area contributed by atoms with E-state index >= 15 is 0 Å². The van der Waals surface area contributed by atoms with Crippen LogP contribution >= 0.6 is 24.0 Å². The second kappa shape index (κ2) is 8.34. The Hall–Kier alpha value is -0.810. The van der Waals surface area contributed by atoms with Crippen LogP contribution < -0.4 is 10.2 Å². The number of hydrogen-bond donors (Lipinski definition) is 1. The van der Waals surface area contributed by atoms with Gasteiger partial charge in [-0.1, -0.05) is 23.7 Å². The summed E-state index contributed by atoms with van der Waals surface area (Å²) in [5.74, 6) is 0.205. The summed E-state index contributed by atoms with van der Waals surface area (Å²) in [5.41, 5.74) is 0.848. The van der Waals surface area contributed by atoms with E-state index in [2.05, 4.69) is 10.2 Å². The lowest BCUT2D eigenvalue weighted by atomic mass is 9.97. The Labute approximate surface area is 149 Å². The molecular weight excluding hydrogens is 333 g/mol. The molecule has 2 heterocycles. The van der Waals surface area contributed by atoms with Gasteiger partial charge in [0, 0.05) is 19.1 Å². The van der Waals surface area contributed by atoms with Crippen LogP contribution in [0.15, 0.2) is 24.3 Å². The third-order valence-electron chi connectivity index (χ3n) is 4.86. The highest BCUT2D eigenvalue weighted by Crippen LogP contribution is 2.30. The Morgan fingerprint density at radius 2 is 1.91 bits per heavy atom. The smallest absolute Gasteiger partial charge is 0.244 e. The monoisotopic (exact) mass is 357 g/mol. The first-order chi connectivity index (χ1) is 10.7. The zero-order valence-corrected chi connectivity index (χ0v) is 15.1. The second-order valence-electron chi connectivity index (χ2n) is 6.22. The van der Waals surface area contributed by atoms with Crippen molar-refractivity contribution < 1.29 is 4.79 Å². The average Bonchev–Trinajstić information content (AvgIpc) is 2.56. The molecule has 1 aromatic rings. The maximum atomic E-state index is 13.0. The minimum Gasteiger partial charge on any atom is -0.316 e. The van der Waals surface area contributed by atoms with E-state index in [-0.39, 0.29) is 24.4 Å². The third-order valence-corrected chi connectivity index (χ3v) is 5.18. The highest BCUT2D eigenvalue weighted by Gasteiger charge is 2.36. The van der Waals surface area contributed by atoms with E-state index in [0.717, 1.165) is 44.6 Å². The van der Waals surface area contributed by atoms with Gasteiger partial charge in [-0.25, -0.2) is 0 Å². The molecule has 1 amide bonds. The standard InChI is InChI=1S/C17H24ClN3O.ClH/c1-19-13-6-4-10-20(12-13)16-9-5-11-21(17(16)22)15-8-3-2-7-14(15)18;/h2-3,7-8,13,16,19H,4-6,9-12H2,1H3;1H. The van der Waals surface area contributed by atoms with Crippen molar-refractivity contribution in [1.29, 1.82) is 0 Å². The Morgan fingerprint density at radius 3 is 2.65 bits per heavy atom. The van der Waals surface area contributed by atoms with Crippen LogP contribution in [-0.4, -0.2) is 49.6 Å². The van der Waals surface area contributed by atoms with E-state index in [1.807, 2.05) is 36.2 Å². The largest absolute Gasteiger partial charge is 0.316 e. The molecule has 2 saturated heterocycles. The van der Waals surface area contributed by atoms with E-state index < -0.39 is 0 Å². The molecule has 2 unspecified atom stereocenters. The number of amides is 1. The molecule has 0 saturated carbocycles. The molecule has 3 rings (SSSR count). The molecule has 1 aromatic carbocycles. The van der Waals surface area contributed by atoms with E-state index in [1.165, 1.54) is 6.42 Å². The number of halogens is 2. The number of para-hydroxylation sites is 1. The molecule has 128 valence electrons. The number of nitrogens with zero attached hydrogens (tertiary/aromatic N) is 2. The first-order valence-corrected chi connectivity index (χ1v) is 8.55. The molecule has 1 N–H and O–H groups in total. The van der Waals surface area contributed by atoms with Gasteiger partial charge in [0.1, 0.15) is 0 Å². The summed E-state index contributed by atoms with van der Waals surface area (Å²) in [7, 11) is 2.01. The third kappa shape index (κ3) is 4.00. The van der Waals surface area contributed by atoms with Crippen LogP contribution in [0, 0.1) is 0 Å². The van der Waals surface area contributed by atoms with Crippen molar-refractivity contribution in [3.05, 3.63) is 29.3 Å². The minimum absolute atomic E-state index is 0. The fourth-order valence-electron chi connectivity index (χ4n) is 3.63. The van der Waals surface area contributed by atoms with Crippen molar-refractivity contribution in [2.45, 2.75) is 37.8 Å². The number of likely N-dealkylation sites (tertiary alicyclic amines) is 1. The number of nitrogens with one attached hydrogen (secondary N) is 1. The molecule has 2 fully saturated rings. The summed E-state index contributed by atoms with van der Waals surface area (Å²) in [6.45, 7) is 2.75. The molecule has 6 heteroatoms. The highest BCUT2D eigenvalue weighted by atomic mass is 35.5. The summed E-state index contributed by atoms with van der Waals surface area (Å²) in [6, 6.07) is 8.13. The van der Waals surface area contributed by atoms with Gasteiger partial charge < -0.3 is 10.2 Å². The summed E-state index contributed by atoms with van der Waals surface area (Å²) in [4.78, 5) is 17.2. The number of carbonyl (C=O) groups is 1. The van der Waals surface area contributed by atoms with Crippen LogP contribution in [0.1, 0.15) is 25.7 Å². The first kappa shape index (κ1) is 18.5. The quantitative estimate of drug-likeness (QED) is 0.903. The molecule has 0 radical (unpaired) electrons. The Balaban J connectivity index is 0.00000192. The predicted molar refractivity (Wildman–Crippen MR) is 97.7 cm³/mol. The van der Waals surface area contributed by atoms with Crippen molar-refractivity contribution in [1.82, 2.24) is 10.2 Å². The van der Waals surface area contributed by atoms with Crippen LogP contribution in [-0.2, 0) is 4.79 Å². The average molecular weight is 358 g/mol. The fourth-order valence-corrected chi connectivity index (χ4v) is 3.87. The van der Waals surface area contributed by atoms with E-state index in [1.54, 1.807) is 0 Å². The van der Waals surface area contributed by atoms with E-state index in [4.69, 9.17) is 11.6 Å². The number of rotatable bonds is 3. The SMILES string of the molecule is CNC1CCCN(C2CCCN(c3ccccc3Cl)C2=O)C1.Cl. The molecule has 2 aliphatic heterocycles. The van der Waals surface area contributed by atoms with Crippen LogP contribution in [0.4, 0.5) is 5.69 Å². The Morgan fingerprint density at radius 1 is 1.17 bits per heavy atom. The normalized spacial score (nSPS) is 26.0. The molecule has 2 atom stereocenters. The lowest BCUT2D eigenvalue weighted by Gasteiger charge is -2.42. The van der Waals surface area contributed by atoms with Crippen molar-refractivity contribution in [3.8, 4) is 0 Å². The number of carbonyl (C=O) groups excluding carboxylic acids is 1. The van der Waals surface area contributed by atoms with Gasteiger partial charge in [0.25, 0.3) is 0 Å². The molecule has 0 aromatic heterocycles. The van der Waals surface area contributed by atoms with Crippen LogP contribution in [0.3, 0.4) is 0 Å². The van der Waals surface area contributed by atoms with Gasteiger partial charge >= 0.3 is 0 Å². The zero-order chi connectivity index (χ0) is 15.5. The van der Waals surface area contributed by atoms with Crippen LogP contribution in [0.25, 0.3) is 0 Å². The molecule has 0 bridgehead atoms. The minimum atomic E-state index is 0. The maximum Gasteiger partial charge on any atom is 0.244 e. The topological polar surface area (TPSA) is 35.6 Å². The lowest BCUT2D eigenvalue weighted by Crippen LogP contribution is -2.57. The van der Waals surface area contributed by atoms with E-state index in [0.29, 0.717) is 11.1 Å². The van der Waals surface area contributed by atoms with Gasteiger partial charge in [-0.05, 0) is 51.4 Å². The molecule has 2 aliphatic rings. The molecule has 23 heavy (non-hydrogen) atoms.